The predicted octanol–water partition coefficient (Wildman–Crippen LogP) is 4.14. The van der Waals surface area contributed by atoms with E-state index in [-0.39, 0.29) is 47.4 Å². The molecule has 0 bridgehead atoms. The molecule has 0 unspecified atom stereocenters. The summed E-state index contributed by atoms with van der Waals surface area (Å²) < 4.78 is 16.0. The van der Waals surface area contributed by atoms with Gasteiger partial charge in [-0.3, -0.25) is 14.4 Å². The van der Waals surface area contributed by atoms with E-state index in [1.807, 2.05) is 24.3 Å². The maximum absolute atomic E-state index is 15.1. The Labute approximate surface area is 232 Å². The zero-order valence-corrected chi connectivity index (χ0v) is 22.3. The molecule has 1 aliphatic heterocycles. The molecule has 0 aliphatic carbocycles. The Hall–Kier alpha value is -3.87. The lowest BCUT2D eigenvalue weighted by Crippen LogP contribution is -2.42. The maximum Gasteiger partial charge on any atom is 0.305 e. The van der Waals surface area contributed by atoms with Gasteiger partial charge in [0.1, 0.15) is 5.82 Å². The lowest BCUT2D eigenvalue weighted by molar-refractivity contribution is -0.137. The number of aliphatic carboxylic acids is 1. The Bertz CT molecular complexity index is 1460. The fourth-order valence-electron chi connectivity index (χ4n) is 4.36. The van der Waals surface area contributed by atoms with Gasteiger partial charge in [0.2, 0.25) is 5.91 Å². The Balaban J connectivity index is 1.46. The molecule has 1 saturated heterocycles. The summed E-state index contributed by atoms with van der Waals surface area (Å²) in [5.74, 6) is 3.41. The molecular weight excluding hydrogens is 547 g/mol. The van der Waals surface area contributed by atoms with Crippen molar-refractivity contribution in [2.75, 3.05) is 18.4 Å². The highest BCUT2D eigenvalue weighted by Gasteiger charge is 2.33. The first-order valence-electron chi connectivity index (χ1n) is 12.0. The first kappa shape index (κ1) is 28.1. The summed E-state index contributed by atoms with van der Waals surface area (Å²) in [5.41, 5.74) is 0.625. The first-order valence-corrected chi connectivity index (χ1v) is 13.3. The van der Waals surface area contributed by atoms with Gasteiger partial charge in [0.05, 0.1) is 41.7 Å². The van der Waals surface area contributed by atoms with Crippen LogP contribution in [0.4, 0.5) is 10.1 Å². The van der Waals surface area contributed by atoms with Gasteiger partial charge in [-0.2, -0.15) is 0 Å². The third-order valence-electron chi connectivity index (χ3n) is 6.27. The summed E-state index contributed by atoms with van der Waals surface area (Å²) in [6.07, 6.45) is 0.706. The number of fused-ring (bicyclic) bond motifs is 1. The summed E-state index contributed by atoms with van der Waals surface area (Å²) in [7, 11) is 0. The second kappa shape index (κ2) is 12.3. The van der Waals surface area contributed by atoms with Crippen LogP contribution in [-0.4, -0.2) is 64.6 Å². The molecule has 0 saturated carbocycles. The molecule has 0 spiro atoms. The molecule has 1 aromatic heterocycles. The molecule has 204 valence electrons. The predicted molar refractivity (Wildman–Crippen MR) is 150 cm³/mol. The van der Waals surface area contributed by atoms with Crippen LogP contribution < -0.4 is 11.2 Å². The molecule has 3 aromatic rings. The molecule has 0 radical (unpaired) electrons. The van der Waals surface area contributed by atoms with Crippen molar-refractivity contribution in [3.8, 4) is 0 Å². The van der Waals surface area contributed by atoms with Crippen molar-refractivity contribution < 1.29 is 23.9 Å². The van der Waals surface area contributed by atoms with Crippen LogP contribution in [-0.2, 0) is 16.0 Å². The van der Waals surface area contributed by atoms with Crippen LogP contribution in [0.15, 0.2) is 51.9 Å². The van der Waals surface area contributed by atoms with Gasteiger partial charge in [0.15, 0.2) is 5.84 Å². The topological polar surface area (TPSA) is 141 Å². The lowest BCUT2D eigenvalue weighted by Gasteiger charge is -2.25. The van der Waals surface area contributed by atoms with Crippen LogP contribution in [0.25, 0.3) is 10.1 Å². The molecule has 1 aliphatic rings. The van der Waals surface area contributed by atoms with Crippen molar-refractivity contribution in [1.82, 2.24) is 10.0 Å². The van der Waals surface area contributed by atoms with Crippen LogP contribution in [0, 0.1) is 5.82 Å². The molecule has 4 rings (SSSR count). The number of nitrogens with two attached hydrogens (primary N) is 1. The van der Waals surface area contributed by atoms with Crippen molar-refractivity contribution in [3.05, 3.63) is 63.7 Å². The van der Waals surface area contributed by atoms with Crippen LogP contribution in [0.2, 0.25) is 5.02 Å². The van der Waals surface area contributed by atoms with E-state index >= 15 is 4.39 Å². The Kier molecular flexibility index (Phi) is 8.90. The molecule has 1 fully saturated rings. The Morgan fingerprint density at radius 1 is 1.31 bits per heavy atom. The summed E-state index contributed by atoms with van der Waals surface area (Å²) in [6, 6.07) is 9.35. The Morgan fingerprint density at radius 2 is 2.08 bits per heavy atom. The van der Waals surface area contributed by atoms with E-state index < -0.39 is 23.7 Å². The molecule has 4 N–H and O–H groups in total. The van der Waals surface area contributed by atoms with Crippen LogP contribution in [0.1, 0.15) is 35.2 Å². The number of thiophene rings is 1. The highest BCUT2D eigenvalue weighted by atomic mass is 35.5. The smallest absolute Gasteiger partial charge is 0.305 e. The van der Waals surface area contributed by atoms with Crippen LogP contribution in [0.5, 0.6) is 0 Å². The summed E-state index contributed by atoms with van der Waals surface area (Å²) in [6.45, 7) is 3.84. The number of amides is 2. The number of hydrazone groups is 1. The third-order valence-corrected chi connectivity index (χ3v) is 7.55. The minimum Gasteiger partial charge on any atom is -0.481 e. The number of anilines is 1. The van der Waals surface area contributed by atoms with Gasteiger partial charge < -0.3 is 15.3 Å². The number of benzene rings is 2. The number of carbonyl (C=O) groups is 3. The fourth-order valence-corrected chi connectivity index (χ4v) is 5.53. The number of likely N-dealkylation sites (tertiary alicyclic amines) is 1. The maximum atomic E-state index is 15.1. The molecule has 13 heteroatoms. The summed E-state index contributed by atoms with van der Waals surface area (Å²) in [5, 5.41) is 19.2. The molecule has 2 heterocycles. The standard InChI is InChI=1S/C26H26ClFN6O4S/c1-30-25(32-34(29)10-8-24(36)37)21-6-4-9-33(21)23(35)12-15-11-18(27)20(13-19(15)28)31-26(38)17-14-39-22-7-3-2-5-16(17)22/h2-3,5,7,11,13-14,21H,1,4,6,8-10,12,29H2,(H,31,38)(H,36,37)/b32-25-/t21-/m0/s1. The van der Waals surface area contributed by atoms with Gasteiger partial charge in [-0.15, -0.1) is 16.4 Å². The lowest BCUT2D eigenvalue weighted by atomic mass is 10.1. The van der Waals surface area contributed by atoms with Crippen molar-refractivity contribution in [2.24, 2.45) is 15.9 Å². The zero-order valence-electron chi connectivity index (χ0n) is 20.8. The number of amidine groups is 1. The SMILES string of the molecule is C=N/C(=N\N(N)CCC(=O)O)[C@@H]1CCCN1C(=O)Cc1cc(Cl)c(NC(=O)c2csc3ccccc23)cc1F. The molecule has 2 aromatic carbocycles. The van der Waals surface area contributed by atoms with E-state index in [1.165, 1.54) is 22.3 Å². The second-order valence-corrected chi connectivity index (χ2v) is 10.2. The first-order chi connectivity index (χ1) is 18.7. The normalized spacial score (nSPS) is 15.4. The van der Waals surface area contributed by atoms with E-state index in [0.717, 1.165) is 21.3 Å². The highest BCUT2D eigenvalue weighted by molar-refractivity contribution is 7.17. The van der Waals surface area contributed by atoms with Crippen molar-refractivity contribution in [3.63, 3.8) is 0 Å². The van der Waals surface area contributed by atoms with Crippen LogP contribution in [0.3, 0.4) is 0 Å². The van der Waals surface area contributed by atoms with Gasteiger partial charge >= 0.3 is 5.97 Å². The van der Waals surface area contributed by atoms with Gasteiger partial charge in [0.25, 0.3) is 5.91 Å². The number of nitrogens with zero attached hydrogens (tertiary/aromatic N) is 4. The number of nitrogens with one attached hydrogen (secondary N) is 1. The summed E-state index contributed by atoms with van der Waals surface area (Å²) in [4.78, 5) is 42.2. The van der Waals surface area contributed by atoms with Crippen molar-refractivity contribution in [1.29, 1.82) is 0 Å². The zero-order chi connectivity index (χ0) is 28.1. The molecule has 2 amide bonds. The number of rotatable bonds is 9. The van der Waals surface area contributed by atoms with E-state index in [9.17, 15) is 14.4 Å². The number of aliphatic imine (C=N–C) groups is 1. The number of carboxylic acids is 1. The van der Waals surface area contributed by atoms with Crippen molar-refractivity contribution >= 4 is 69.0 Å². The number of hydrogen-bond acceptors (Lipinski definition) is 7. The number of carbonyl (C=O) groups excluding carboxylic acids is 2. The monoisotopic (exact) mass is 572 g/mol. The highest BCUT2D eigenvalue weighted by Crippen LogP contribution is 2.30. The number of hydrazine groups is 1. The van der Waals surface area contributed by atoms with E-state index in [1.54, 1.807) is 5.38 Å². The average molecular weight is 573 g/mol. The van der Waals surface area contributed by atoms with Gasteiger partial charge in [-0.05, 0) is 43.3 Å². The molecule has 10 nitrogen and oxygen atoms in total. The van der Waals surface area contributed by atoms with E-state index in [2.05, 4.69) is 22.1 Å². The third kappa shape index (κ3) is 6.59. The van der Waals surface area contributed by atoms with E-state index in [4.69, 9.17) is 22.6 Å². The van der Waals surface area contributed by atoms with Gasteiger partial charge in [-0.1, -0.05) is 29.8 Å². The number of carboxylic acid groups (broad SMARTS) is 1. The van der Waals surface area contributed by atoms with Gasteiger partial charge in [0, 0.05) is 22.0 Å². The largest absolute Gasteiger partial charge is 0.481 e. The van der Waals surface area contributed by atoms with Gasteiger partial charge in [-0.25, -0.2) is 20.3 Å². The quantitative estimate of drug-likeness (QED) is 0.152. The summed E-state index contributed by atoms with van der Waals surface area (Å²) >= 11 is 7.80. The number of halogens is 2. The molecule has 39 heavy (non-hydrogen) atoms. The number of hydrogen-bond donors (Lipinski definition) is 3. The second-order valence-electron chi connectivity index (χ2n) is 8.87. The minimum atomic E-state index is -1.03. The van der Waals surface area contributed by atoms with Crippen molar-refractivity contribution in [2.45, 2.75) is 31.7 Å². The van der Waals surface area contributed by atoms with Crippen LogP contribution >= 0.6 is 22.9 Å². The van der Waals surface area contributed by atoms with E-state index in [0.29, 0.717) is 24.9 Å². The molecular formula is C26H26ClFN6O4S. The fraction of sp³-hybridized carbons (Fsp3) is 0.269. The minimum absolute atomic E-state index is 0.0513. The molecule has 1 atom stereocenters. The average Bonchev–Trinajstić information content (AvgIpc) is 3.56. The Morgan fingerprint density at radius 3 is 2.82 bits per heavy atom.